The third-order valence-electron chi connectivity index (χ3n) is 5.26. The van der Waals surface area contributed by atoms with Gasteiger partial charge in [-0.3, -0.25) is 9.52 Å². The van der Waals surface area contributed by atoms with Gasteiger partial charge in [0.25, 0.3) is 15.9 Å². The average molecular weight is 485 g/mol. The van der Waals surface area contributed by atoms with Crippen molar-refractivity contribution in [2.24, 2.45) is 0 Å². The molecule has 0 spiro atoms. The van der Waals surface area contributed by atoms with Crippen LogP contribution in [0.25, 0.3) is 0 Å². The van der Waals surface area contributed by atoms with E-state index < -0.39 is 15.9 Å². The summed E-state index contributed by atoms with van der Waals surface area (Å²) >= 11 is 0. The summed E-state index contributed by atoms with van der Waals surface area (Å²) in [5, 5.41) is 2.72. The first-order valence-corrected chi connectivity index (χ1v) is 12.0. The Balaban J connectivity index is 1.66. The van der Waals surface area contributed by atoms with Gasteiger partial charge in [0.1, 0.15) is 17.2 Å². The van der Waals surface area contributed by atoms with Gasteiger partial charge in [0.2, 0.25) is 0 Å². The standard InChI is InChI=1S/C25H28N2O6S/c1-16-6-7-19(12-17(16)2)27-34(29,30)21-9-11-23(18(3)13-21)33-15-25(28)26-22-10-8-20(31-4)14-24(22)32-5/h6-14,27H,15H2,1-5H3,(H,26,28). The lowest BCUT2D eigenvalue weighted by Gasteiger charge is -2.14. The summed E-state index contributed by atoms with van der Waals surface area (Å²) in [6.07, 6.45) is 0. The van der Waals surface area contributed by atoms with E-state index in [1.165, 1.54) is 25.3 Å². The Hall–Kier alpha value is -3.72. The van der Waals surface area contributed by atoms with E-state index in [4.69, 9.17) is 14.2 Å². The average Bonchev–Trinajstić information content (AvgIpc) is 2.80. The fourth-order valence-electron chi connectivity index (χ4n) is 3.20. The molecule has 2 N–H and O–H groups in total. The summed E-state index contributed by atoms with van der Waals surface area (Å²) in [6, 6.07) is 14.9. The highest BCUT2D eigenvalue weighted by Crippen LogP contribution is 2.29. The number of sulfonamides is 1. The van der Waals surface area contributed by atoms with Crippen LogP contribution in [0.15, 0.2) is 59.5 Å². The zero-order valence-corrected chi connectivity index (χ0v) is 20.6. The number of ether oxygens (including phenoxy) is 3. The number of hydrogen-bond donors (Lipinski definition) is 2. The topological polar surface area (TPSA) is 103 Å². The van der Waals surface area contributed by atoms with Crippen LogP contribution in [0.1, 0.15) is 16.7 Å². The van der Waals surface area contributed by atoms with E-state index in [-0.39, 0.29) is 11.5 Å². The number of anilines is 2. The van der Waals surface area contributed by atoms with Crippen LogP contribution in [0.4, 0.5) is 11.4 Å². The second kappa shape index (κ2) is 10.5. The first-order valence-electron chi connectivity index (χ1n) is 10.5. The molecule has 0 atom stereocenters. The Kier molecular flexibility index (Phi) is 7.68. The highest BCUT2D eigenvalue weighted by molar-refractivity contribution is 7.92. The van der Waals surface area contributed by atoms with Gasteiger partial charge in [0.15, 0.2) is 6.61 Å². The number of rotatable bonds is 9. The van der Waals surface area contributed by atoms with Gasteiger partial charge in [-0.05, 0) is 79.9 Å². The third-order valence-corrected chi connectivity index (χ3v) is 6.64. The highest BCUT2D eigenvalue weighted by atomic mass is 32.2. The van der Waals surface area contributed by atoms with Gasteiger partial charge in [0.05, 0.1) is 24.8 Å². The van der Waals surface area contributed by atoms with Crippen LogP contribution in [0, 0.1) is 20.8 Å². The molecule has 34 heavy (non-hydrogen) atoms. The molecule has 0 bridgehead atoms. The first kappa shape index (κ1) is 24.9. The Morgan fingerprint density at radius 3 is 2.24 bits per heavy atom. The van der Waals surface area contributed by atoms with E-state index in [9.17, 15) is 13.2 Å². The molecule has 180 valence electrons. The van der Waals surface area contributed by atoms with E-state index in [1.807, 2.05) is 19.9 Å². The fourth-order valence-corrected chi connectivity index (χ4v) is 4.34. The SMILES string of the molecule is COc1ccc(NC(=O)COc2ccc(S(=O)(=O)Nc3ccc(C)c(C)c3)cc2C)c(OC)c1. The van der Waals surface area contributed by atoms with Crippen LogP contribution in [-0.2, 0) is 14.8 Å². The lowest BCUT2D eigenvalue weighted by atomic mass is 10.1. The van der Waals surface area contributed by atoms with Gasteiger partial charge in [-0.25, -0.2) is 8.42 Å². The maximum Gasteiger partial charge on any atom is 0.262 e. The van der Waals surface area contributed by atoms with E-state index in [2.05, 4.69) is 10.0 Å². The molecule has 1 amide bonds. The van der Waals surface area contributed by atoms with Crippen LogP contribution < -0.4 is 24.2 Å². The lowest BCUT2D eigenvalue weighted by molar-refractivity contribution is -0.118. The maximum atomic E-state index is 12.8. The van der Waals surface area contributed by atoms with Crippen molar-refractivity contribution < 1.29 is 27.4 Å². The highest BCUT2D eigenvalue weighted by Gasteiger charge is 2.17. The monoisotopic (exact) mass is 484 g/mol. The second-order valence-electron chi connectivity index (χ2n) is 7.73. The molecule has 0 saturated carbocycles. The van der Waals surface area contributed by atoms with Crippen LogP contribution in [-0.4, -0.2) is 35.2 Å². The largest absolute Gasteiger partial charge is 0.497 e. The number of amides is 1. The molecule has 0 saturated heterocycles. The Morgan fingerprint density at radius 2 is 1.59 bits per heavy atom. The van der Waals surface area contributed by atoms with Gasteiger partial charge in [-0.1, -0.05) is 6.07 Å². The van der Waals surface area contributed by atoms with Crippen molar-refractivity contribution in [3.63, 3.8) is 0 Å². The summed E-state index contributed by atoms with van der Waals surface area (Å²) in [7, 11) is -0.741. The minimum atomic E-state index is -3.78. The molecule has 9 heteroatoms. The zero-order chi connectivity index (χ0) is 24.9. The van der Waals surface area contributed by atoms with Gasteiger partial charge < -0.3 is 19.5 Å². The van der Waals surface area contributed by atoms with Gasteiger partial charge in [0, 0.05) is 11.8 Å². The number of benzene rings is 3. The van der Waals surface area contributed by atoms with Crippen LogP contribution in [0.2, 0.25) is 0 Å². The molecule has 3 rings (SSSR count). The van der Waals surface area contributed by atoms with Crippen molar-refractivity contribution in [1.29, 1.82) is 0 Å². The van der Waals surface area contributed by atoms with Crippen molar-refractivity contribution in [2.75, 3.05) is 30.9 Å². The minimum Gasteiger partial charge on any atom is -0.497 e. The first-order chi connectivity index (χ1) is 16.1. The van der Waals surface area contributed by atoms with Crippen molar-refractivity contribution in [3.05, 3.63) is 71.3 Å². The molecule has 0 unspecified atom stereocenters. The number of carbonyl (C=O) groups excluding carboxylic acids is 1. The summed E-state index contributed by atoms with van der Waals surface area (Å²) in [4.78, 5) is 12.5. The van der Waals surface area contributed by atoms with Crippen LogP contribution in [0.3, 0.4) is 0 Å². The molecule has 0 aliphatic carbocycles. The number of hydrogen-bond acceptors (Lipinski definition) is 6. The zero-order valence-electron chi connectivity index (χ0n) is 19.8. The Labute approximate surface area is 199 Å². The number of nitrogens with one attached hydrogen (secondary N) is 2. The van der Waals surface area contributed by atoms with Crippen LogP contribution >= 0.6 is 0 Å². The molecule has 3 aromatic rings. The van der Waals surface area contributed by atoms with Gasteiger partial charge in [-0.15, -0.1) is 0 Å². The number of aryl methyl sites for hydroxylation is 3. The summed E-state index contributed by atoms with van der Waals surface area (Å²) in [6.45, 7) is 5.34. The molecule has 3 aromatic carbocycles. The molecule has 0 aliphatic heterocycles. The summed E-state index contributed by atoms with van der Waals surface area (Å²) < 4.78 is 44.2. The molecule has 0 aromatic heterocycles. The molecule has 0 fully saturated rings. The molecule has 0 aliphatic rings. The molecular formula is C25H28N2O6S. The number of carbonyl (C=O) groups is 1. The fraction of sp³-hybridized carbons (Fsp3) is 0.240. The molecule has 0 heterocycles. The van der Waals surface area contributed by atoms with E-state index >= 15 is 0 Å². The van der Waals surface area contributed by atoms with E-state index in [0.29, 0.717) is 34.2 Å². The molecule has 8 nitrogen and oxygen atoms in total. The van der Waals surface area contributed by atoms with Gasteiger partial charge >= 0.3 is 0 Å². The Morgan fingerprint density at radius 1 is 0.824 bits per heavy atom. The third kappa shape index (κ3) is 5.99. The molecular weight excluding hydrogens is 456 g/mol. The summed E-state index contributed by atoms with van der Waals surface area (Å²) in [5.74, 6) is 1.07. The van der Waals surface area contributed by atoms with Crippen molar-refractivity contribution >= 4 is 27.3 Å². The van der Waals surface area contributed by atoms with E-state index in [1.54, 1.807) is 44.4 Å². The predicted molar refractivity (Wildman–Crippen MR) is 132 cm³/mol. The number of methoxy groups -OCH3 is 2. The predicted octanol–water partition coefficient (Wildman–Crippen LogP) is 4.45. The maximum absolute atomic E-state index is 12.8. The van der Waals surface area contributed by atoms with Gasteiger partial charge in [-0.2, -0.15) is 0 Å². The minimum absolute atomic E-state index is 0.1000. The quantitative estimate of drug-likeness (QED) is 0.465. The normalized spacial score (nSPS) is 11.0. The second-order valence-corrected chi connectivity index (χ2v) is 9.42. The van der Waals surface area contributed by atoms with Crippen molar-refractivity contribution in [2.45, 2.75) is 25.7 Å². The Bertz CT molecular complexity index is 1300. The van der Waals surface area contributed by atoms with Crippen molar-refractivity contribution in [1.82, 2.24) is 0 Å². The smallest absolute Gasteiger partial charge is 0.262 e. The lowest BCUT2D eigenvalue weighted by Crippen LogP contribution is -2.21. The van der Waals surface area contributed by atoms with E-state index in [0.717, 1.165) is 11.1 Å². The summed E-state index contributed by atoms with van der Waals surface area (Å²) in [5.41, 5.74) is 3.62. The van der Waals surface area contributed by atoms with Crippen LogP contribution in [0.5, 0.6) is 17.2 Å². The molecule has 0 radical (unpaired) electrons. The van der Waals surface area contributed by atoms with Crippen molar-refractivity contribution in [3.8, 4) is 17.2 Å².